The molecule has 0 spiro atoms. The minimum Gasteiger partial charge on any atom is -0.464 e. The van der Waals surface area contributed by atoms with Gasteiger partial charge >= 0.3 is 5.97 Å². The first kappa shape index (κ1) is 12.8. The van der Waals surface area contributed by atoms with Crippen molar-refractivity contribution in [3.63, 3.8) is 0 Å². The van der Waals surface area contributed by atoms with Gasteiger partial charge in [0.15, 0.2) is 0 Å². The van der Waals surface area contributed by atoms with Crippen LogP contribution in [-0.2, 0) is 9.53 Å². The van der Waals surface area contributed by atoms with Crippen molar-refractivity contribution in [3.05, 3.63) is 0 Å². The molecule has 0 aliphatic heterocycles. The molecule has 0 aliphatic carbocycles. The van der Waals surface area contributed by atoms with Crippen LogP contribution in [0.2, 0.25) is 0 Å². The molecule has 13 heavy (non-hydrogen) atoms. The third-order valence-electron chi connectivity index (χ3n) is 2.77. The van der Waals surface area contributed by atoms with Crippen LogP contribution in [-0.4, -0.2) is 18.5 Å². The molecule has 0 saturated heterocycles. The summed E-state index contributed by atoms with van der Waals surface area (Å²) in [6.07, 6.45) is 2.50. The van der Waals surface area contributed by atoms with Gasteiger partial charge in [-0.2, -0.15) is 0 Å². The van der Waals surface area contributed by atoms with Crippen LogP contribution in [0.4, 0.5) is 0 Å². The van der Waals surface area contributed by atoms with Crippen LogP contribution in [0.3, 0.4) is 0 Å². The van der Waals surface area contributed by atoms with Crippen molar-refractivity contribution in [1.82, 2.24) is 0 Å². The number of hydrogen-bond donors (Lipinski definition) is 0. The molecule has 0 atom stereocenters. The average Bonchev–Trinajstić information content (AvgIpc) is 2.18. The summed E-state index contributed by atoms with van der Waals surface area (Å²) in [5.41, 5.74) is -0.286. The van der Waals surface area contributed by atoms with Gasteiger partial charge in [-0.1, -0.05) is 20.8 Å². The molecular weight excluding hydrogens is 188 g/mol. The minimum atomic E-state index is -0.286. The lowest BCUT2D eigenvalue weighted by Crippen LogP contribution is -2.31. The Hall–Kier alpha value is -0.240. The van der Waals surface area contributed by atoms with Gasteiger partial charge in [0, 0.05) is 0 Å². The number of rotatable bonds is 6. The summed E-state index contributed by atoms with van der Waals surface area (Å²) in [5, 5.41) is 0. The predicted octanol–water partition coefficient (Wildman–Crippen LogP) is 2.98. The number of carbonyl (C=O) groups is 1. The summed E-state index contributed by atoms with van der Waals surface area (Å²) >= 11 is 5.45. The summed E-state index contributed by atoms with van der Waals surface area (Å²) in [7, 11) is 0. The fourth-order valence-electron chi connectivity index (χ4n) is 1.47. The Balaban J connectivity index is 4.26. The van der Waals surface area contributed by atoms with E-state index in [1.54, 1.807) is 0 Å². The van der Waals surface area contributed by atoms with E-state index < -0.39 is 0 Å². The SMILES string of the molecule is CCC(CC)(CC)C(=O)OCCCl. The zero-order valence-corrected chi connectivity index (χ0v) is 9.49. The maximum atomic E-state index is 11.6. The second-order valence-corrected chi connectivity index (χ2v) is 3.54. The van der Waals surface area contributed by atoms with Crippen molar-refractivity contribution in [2.75, 3.05) is 12.5 Å². The molecule has 0 saturated carbocycles. The molecule has 0 aromatic carbocycles. The van der Waals surface area contributed by atoms with E-state index in [-0.39, 0.29) is 11.4 Å². The van der Waals surface area contributed by atoms with Crippen molar-refractivity contribution >= 4 is 17.6 Å². The molecule has 0 aliphatic rings. The Morgan fingerprint density at radius 3 is 2.00 bits per heavy atom. The van der Waals surface area contributed by atoms with Crippen LogP contribution < -0.4 is 0 Å². The smallest absolute Gasteiger partial charge is 0.312 e. The number of alkyl halides is 1. The topological polar surface area (TPSA) is 26.3 Å². The van der Waals surface area contributed by atoms with Gasteiger partial charge in [0.25, 0.3) is 0 Å². The van der Waals surface area contributed by atoms with Gasteiger partial charge in [0.1, 0.15) is 6.61 Å². The molecule has 3 heteroatoms. The lowest BCUT2D eigenvalue weighted by molar-refractivity contribution is -0.156. The lowest BCUT2D eigenvalue weighted by atomic mass is 9.80. The van der Waals surface area contributed by atoms with Crippen molar-refractivity contribution in [3.8, 4) is 0 Å². The van der Waals surface area contributed by atoms with E-state index in [0.29, 0.717) is 12.5 Å². The Labute approximate surface area is 85.6 Å². The Morgan fingerprint density at radius 2 is 1.69 bits per heavy atom. The maximum absolute atomic E-state index is 11.6. The van der Waals surface area contributed by atoms with Gasteiger partial charge in [-0.05, 0) is 19.3 Å². The maximum Gasteiger partial charge on any atom is 0.312 e. The molecule has 0 radical (unpaired) electrons. The van der Waals surface area contributed by atoms with Crippen LogP contribution in [0, 0.1) is 5.41 Å². The summed E-state index contributed by atoms with van der Waals surface area (Å²) in [5.74, 6) is 0.277. The molecule has 2 nitrogen and oxygen atoms in total. The first-order chi connectivity index (χ1) is 6.16. The molecule has 0 aromatic heterocycles. The monoisotopic (exact) mass is 206 g/mol. The fourth-order valence-corrected chi connectivity index (χ4v) is 1.54. The van der Waals surface area contributed by atoms with Gasteiger partial charge in [0.05, 0.1) is 11.3 Å². The highest BCUT2D eigenvalue weighted by atomic mass is 35.5. The highest BCUT2D eigenvalue weighted by molar-refractivity contribution is 6.18. The average molecular weight is 207 g/mol. The van der Waals surface area contributed by atoms with Gasteiger partial charge in [-0.15, -0.1) is 11.6 Å². The van der Waals surface area contributed by atoms with Crippen LogP contribution in [0.25, 0.3) is 0 Å². The fraction of sp³-hybridized carbons (Fsp3) is 0.900. The zero-order valence-electron chi connectivity index (χ0n) is 8.73. The van der Waals surface area contributed by atoms with Crippen molar-refractivity contribution < 1.29 is 9.53 Å². The minimum absolute atomic E-state index is 0.0966. The summed E-state index contributed by atoms with van der Waals surface area (Å²) in [6.45, 7) is 6.39. The van der Waals surface area contributed by atoms with E-state index in [4.69, 9.17) is 16.3 Å². The highest BCUT2D eigenvalue weighted by Crippen LogP contribution is 2.31. The number of hydrogen-bond acceptors (Lipinski definition) is 2. The van der Waals surface area contributed by atoms with Gasteiger partial charge in [-0.25, -0.2) is 0 Å². The van der Waals surface area contributed by atoms with E-state index in [1.807, 2.05) is 20.8 Å². The lowest BCUT2D eigenvalue weighted by Gasteiger charge is -2.27. The second-order valence-electron chi connectivity index (χ2n) is 3.17. The Kier molecular flexibility index (Phi) is 6.13. The second kappa shape index (κ2) is 6.25. The van der Waals surface area contributed by atoms with Crippen molar-refractivity contribution in [1.29, 1.82) is 0 Å². The van der Waals surface area contributed by atoms with Gasteiger partial charge in [0.2, 0.25) is 0 Å². The summed E-state index contributed by atoms with van der Waals surface area (Å²) in [6, 6.07) is 0. The van der Waals surface area contributed by atoms with E-state index in [9.17, 15) is 4.79 Å². The van der Waals surface area contributed by atoms with E-state index in [2.05, 4.69) is 0 Å². The number of esters is 1. The molecule has 0 fully saturated rings. The molecule has 0 N–H and O–H groups in total. The quantitative estimate of drug-likeness (QED) is 0.494. The normalized spacial score (nSPS) is 11.4. The van der Waals surface area contributed by atoms with Crippen molar-refractivity contribution in [2.45, 2.75) is 40.0 Å². The van der Waals surface area contributed by atoms with Gasteiger partial charge in [-0.3, -0.25) is 4.79 Å². The van der Waals surface area contributed by atoms with E-state index in [1.165, 1.54) is 0 Å². The van der Waals surface area contributed by atoms with E-state index in [0.717, 1.165) is 19.3 Å². The molecule has 0 heterocycles. The Bertz CT molecular complexity index is 145. The Morgan fingerprint density at radius 1 is 1.23 bits per heavy atom. The standard InChI is InChI=1S/C10H19ClO2/c1-4-10(5-2,6-3)9(12)13-8-7-11/h4-8H2,1-3H3. The highest BCUT2D eigenvalue weighted by Gasteiger charge is 2.34. The first-order valence-corrected chi connectivity index (χ1v) is 5.43. The molecule has 0 bridgehead atoms. The van der Waals surface area contributed by atoms with Crippen LogP contribution >= 0.6 is 11.6 Å². The van der Waals surface area contributed by atoms with Crippen LogP contribution in [0.15, 0.2) is 0 Å². The summed E-state index contributed by atoms with van der Waals surface area (Å²) < 4.78 is 5.06. The molecule has 0 unspecified atom stereocenters. The molecule has 0 amide bonds. The largest absolute Gasteiger partial charge is 0.464 e. The van der Waals surface area contributed by atoms with Crippen LogP contribution in [0.1, 0.15) is 40.0 Å². The van der Waals surface area contributed by atoms with Gasteiger partial charge < -0.3 is 4.74 Å². The number of halogens is 1. The molecular formula is C10H19ClO2. The molecule has 0 aromatic rings. The number of ether oxygens (including phenoxy) is 1. The first-order valence-electron chi connectivity index (χ1n) is 4.90. The predicted molar refractivity (Wildman–Crippen MR) is 55.0 cm³/mol. The third kappa shape index (κ3) is 3.18. The molecule has 78 valence electrons. The van der Waals surface area contributed by atoms with Crippen molar-refractivity contribution in [2.24, 2.45) is 5.41 Å². The zero-order chi connectivity index (χ0) is 10.3. The summed E-state index contributed by atoms with van der Waals surface area (Å²) in [4.78, 5) is 11.6. The van der Waals surface area contributed by atoms with Crippen LogP contribution in [0.5, 0.6) is 0 Å². The van der Waals surface area contributed by atoms with E-state index >= 15 is 0 Å². The molecule has 0 rings (SSSR count). The number of carbonyl (C=O) groups excluding carboxylic acids is 1. The third-order valence-corrected chi connectivity index (χ3v) is 2.93.